The topological polar surface area (TPSA) is 23.5 Å². The minimum absolute atomic E-state index is 0.332. The van der Waals surface area contributed by atoms with E-state index in [0.717, 1.165) is 6.54 Å². The van der Waals surface area contributed by atoms with E-state index in [1.54, 1.807) is 0 Å². The summed E-state index contributed by atoms with van der Waals surface area (Å²) < 4.78 is 0. The van der Waals surface area contributed by atoms with Gasteiger partial charge in [-0.05, 0) is 50.8 Å². The van der Waals surface area contributed by atoms with Crippen LogP contribution < -0.4 is 0 Å². The SMILES string of the molecule is OCC1CCCCCN1CCCCc1ccccc1. The zero-order valence-corrected chi connectivity index (χ0v) is 11.9. The number of aliphatic hydroxyl groups is 1. The number of nitrogens with zero attached hydrogens (tertiary/aromatic N) is 1. The molecule has 1 aromatic rings. The Morgan fingerprint density at radius 3 is 2.68 bits per heavy atom. The molecule has 1 aliphatic rings. The normalized spacial score (nSPS) is 21.2. The number of likely N-dealkylation sites (tertiary alicyclic amines) is 1. The standard InChI is InChI=1S/C17H27NO/c19-15-17-12-5-2-7-13-18(17)14-8-6-11-16-9-3-1-4-10-16/h1,3-4,9-10,17,19H,2,5-8,11-15H2. The monoisotopic (exact) mass is 261 g/mol. The van der Waals surface area contributed by atoms with Crippen molar-refractivity contribution in [3.05, 3.63) is 35.9 Å². The summed E-state index contributed by atoms with van der Waals surface area (Å²) >= 11 is 0. The number of hydrogen-bond donors (Lipinski definition) is 1. The maximum Gasteiger partial charge on any atom is 0.0586 e. The van der Waals surface area contributed by atoms with E-state index in [4.69, 9.17) is 0 Å². The lowest BCUT2D eigenvalue weighted by Crippen LogP contribution is -2.38. The second-order valence-corrected chi connectivity index (χ2v) is 5.66. The van der Waals surface area contributed by atoms with Crippen molar-refractivity contribution in [1.82, 2.24) is 4.90 Å². The van der Waals surface area contributed by atoms with Gasteiger partial charge in [0.05, 0.1) is 6.61 Å². The fourth-order valence-corrected chi connectivity index (χ4v) is 3.03. The van der Waals surface area contributed by atoms with Crippen molar-refractivity contribution >= 4 is 0 Å². The van der Waals surface area contributed by atoms with Gasteiger partial charge in [0, 0.05) is 6.04 Å². The van der Waals surface area contributed by atoms with E-state index in [2.05, 4.69) is 35.2 Å². The van der Waals surface area contributed by atoms with Crippen molar-refractivity contribution in [3.8, 4) is 0 Å². The molecule has 106 valence electrons. The lowest BCUT2D eigenvalue weighted by Gasteiger charge is -2.28. The highest BCUT2D eigenvalue weighted by atomic mass is 16.3. The van der Waals surface area contributed by atoms with Crippen LogP contribution in [-0.4, -0.2) is 35.7 Å². The average Bonchev–Trinajstić information content (AvgIpc) is 2.69. The zero-order chi connectivity index (χ0) is 13.3. The summed E-state index contributed by atoms with van der Waals surface area (Å²) in [7, 11) is 0. The second kappa shape index (κ2) is 8.34. The van der Waals surface area contributed by atoms with E-state index in [1.807, 2.05) is 0 Å². The number of unbranched alkanes of at least 4 members (excludes halogenated alkanes) is 1. The summed E-state index contributed by atoms with van der Waals surface area (Å²) in [4.78, 5) is 2.51. The second-order valence-electron chi connectivity index (χ2n) is 5.66. The van der Waals surface area contributed by atoms with Gasteiger partial charge in [0.2, 0.25) is 0 Å². The first-order valence-corrected chi connectivity index (χ1v) is 7.79. The van der Waals surface area contributed by atoms with Crippen LogP contribution in [0.4, 0.5) is 0 Å². The first-order valence-electron chi connectivity index (χ1n) is 7.79. The van der Waals surface area contributed by atoms with Crippen LogP contribution in [-0.2, 0) is 6.42 Å². The molecule has 0 spiro atoms. The molecule has 0 amide bonds. The fourth-order valence-electron chi connectivity index (χ4n) is 3.03. The smallest absolute Gasteiger partial charge is 0.0586 e. The van der Waals surface area contributed by atoms with Gasteiger partial charge in [0.1, 0.15) is 0 Å². The first kappa shape index (κ1) is 14.5. The minimum Gasteiger partial charge on any atom is -0.395 e. The number of hydrogen-bond acceptors (Lipinski definition) is 2. The van der Waals surface area contributed by atoms with Crippen molar-refractivity contribution in [1.29, 1.82) is 0 Å². The molecule has 19 heavy (non-hydrogen) atoms. The van der Waals surface area contributed by atoms with Crippen molar-refractivity contribution in [2.45, 2.75) is 51.0 Å². The highest BCUT2D eigenvalue weighted by Crippen LogP contribution is 2.17. The van der Waals surface area contributed by atoms with Crippen LogP contribution in [0.3, 0.4) is 0 Å². The Bertz CT molecular complexity index is 338. The molecule has 0 aliphatic carbocycles. The van der Waals surface area contributed by atoms with E-state index in [9.17, 15) is 5.11 Å². The molecule has 1 aromatic carbocycles. The molecule has 2 nitrogen and oxygen atoms in total. The summed E-state index contributed by atoms with van der Waals surface area (Å²) in [5.41, 5.74) is 1.44. The van der Waals surface area contributed by atoms with E-state index in [1.165, 1.54) is 57.1 Å². The quantitative estimate of drug-likeness (QED) is 0.795. The largest absolute Gasteiger partial charge is 0.395 e. The predicted molar refractivity (Wildman–Crippen MR) is 80.3 cm³/mol. The molecule has 0 radical (unpaired) electrons. The lowest BCUT2D eigenvalue weighted by atomic mass is 10.1. The van der Waals surface area contributed by atoms with Gasteiger partial charge in [0.25, 0.3) is 0 Å². The van der Waals surface area contributed by atoms with Crippen LogP contribution in [0.5, 0.6) is 0 Å². The molecular formula is C17H27NO. The fraction of sp³-hybridized carbons (Fsp3) is 0.647. The molecule has 0 saturated carbocycles. The van der Waals surface area contributed by atoms with Gasteiger partial charge >= 0.3 is 0 Å². The Hall–Kier alpha value is -0.860. The Morgan fingerprint density at radius 1 is 1.05 bits per heavy atom. The predicted octanol–water partition coefficient (Wildman–Crippen LogP) is 3.25. The number of rotatable bonds is 6. The van der Waals surface area contributed by atoms with Crippen LogP contribution in [0.1, 0.15) is 44.1 Å². The van der Waals surface area contributed by atoms with Gasteiger partial charge in [-0.3, -0.25) is 4.90 Å². The molecule has 2 rings (SSSR count). The first-order chi connectivity index (χ1) is 9.40. The maximum atomic E-state index is 9.48. The zero-order valence-electron chi connectivity index (χ0n) is 11.9. The highest BCUT2D eigenvalue weighted by Gasteiger charge is 2.19. The van der Waals surface area contributed by atoms with E-state index in [-0.39, 0.29) is 0 Å². The van der Waals surface area contributed by atoms with Gasteiger partial charge in [-0.15, -0.1) is 0 Å². The third kappa shape index (κ3) is 4.96. The molecule has 1 saturated heterocycles. The van der Waals surface area contributed by atoms with Gasteiger partial charge < -0.3 is 5.11 Å². The Morgan fingerprint density at radius 2 is 1.89 bits per heavy atom. The summed E-state index contributed by atoms with van der Waals surface area (Å²) in [5, 5.41) is 9.48. The van der Waals surface area contributed by atoms with E-state index < -0.39 is 0 Å². The van der Waals surface area contributed by atoms with E-state index >= 15 is 0 Å². The Kier molecular flexibility index (Phi) is 6.38. The van der Waals surface area contributed by atoms with Gasteiger partial charge in [-0.2, -0.15) is 0 Å². The maximum absolute atomic E-state index is 9.48. The molecule has 0 bridgehead atoms. The molecule has 1 N–H and O–H groups in total. The van der Waals surface area contributed by atoms with Crippen molar-refractivity contribution < 1.29 is 5.11 Å². The molecule has 1 atom stereocenters. The van der Waals surface area contributed by atoms with Crippen LogP contribution in [0, 0.1) is 0 Å². The molecule has 1 heterocycles. The molecule has 1 unspecified atom stereocenters. The highest BCUT2D eigenvalue weighted by molar-refractivity contribution is 5.14. The minimum atomic E-state index is 0.332. The van der Waals surface area contributed by atoms with Crippen molar-refractivity contribution in [3.63, 3.8) is 0 Å². The third-order valence-electron chi connectivity index (χ3n) is 4.21. The van der Waals surface area contributed by atoms with Gasteiger partial charge in [-0.25, -0.2) is 0 Å². The average molecular weight is 261 g/mol. The van der Waals surface area contributed by atoms with E-state index in [0.29, 0.717) is 12.6 Å². The molecule has 2 heteroatoms. The summed E-state index contributed by atoms with van der Waals surface area (Å²) in [6, 6.07) is 11.1. The van der Waals surface area contributed by atoms with Gasteiger partial charge in [0.15, 0.2) is 0 Å². The molecule has 1 aliphatic heterocycles. The van der Waals surface area contributed by atoms with Gasteiger partial charge in [-0.1, -0.05) is 43.2 Å². The Labute approximate surface area is 117 Å². The third-order valence-corrected chi connectivity index (χ3v) is 4.21. The Balaban J connectivity index is 1.69. The molecule has 1 fully saturated rings. The summed E-state index contributed by atoms with van der Waals surface area (Å²) in [6.07, 6.45) is 8.76. The van der Waals surface area contributed by atoms with Crippen LogP contribution in [0.25, 0.3) is 0 Å². The number of aliphatic hydroxyl groups excluding tert-OH is 1. The van der Waals surface area contributed by atoms with Crippen LogP contribution in [0.2, 0.25) is 0 Å². The summed E-state index contributed by atoms with van der Waals surface area (Å²) in [5.74, 6) is 0. The van der Waals surface area contributed by atoms with Crippen molar-refractivity contribution in [2.75, 3.05) is 19.7 Å². The lowest BCUT2D eigenvalue weighted by molar-refractivity contribution is 0.123. The molecular weight excluding hydrogens is 234 g/mol. The number of benzene rings is 1. The van der Waals surface area contributed by atoms with Crippen LogP contribution in [0.15, 0.2) is 30.3 Å². The molecule has 0 aromatic heterocycles. The number of aryl methyl sites for hydroxylation is 1. The van der Waals surface area contributed by atoms with Crippen LogP contribution >= 0.6 is 0 Å². The van der Waals surface area contributed by atoms with Crippen molar-refractivity contribution in [2.24, 2.45) is 0 Å². The summed E-state index contributed by atoms with van der Waals surface area (Å²) in [6.45, 7) is 2.66.